The molecule has 1 atom stereocenters. The standard InChI is InChI=1S/C16H20N6O/c1-11(6-7-13-5-4-10-21(13)3)18-15(23)14-19-16-17-9-8-12(2)22(16)20-14/h4-5,8-11H,6-7H2,1-3H3,(H,18,23)/t11-/m0/s1. The van der Waals surface area contributed by atoms with Crippen LogP contribution in [0.1, 0.15) is 35.4 Å². The van der Waals surface area contributed by atoms with Gasteiger partial charge in [-0.25, -0.2) is 9.50 Å². The molecule has 3 rings (SSSR count). The summed E-state index contributed by atoms with van der Waals surface area (Å²) in [5, 5.41) is 7.16. The van der Waals surface area contributed by atoms with Gasteiger partial charge in [-0.15, -0.1) is 5.10 Å². The van der Waals surface area contributed by atoms with Crippen LogP contribution in [0.3, 0.4) is 0 Å². The molecule has 0 saturated heterocycles. The van der Waals surface area contributed by atoms with Gasteiger partial charge in [-0.3, -0.25) is 4.79 Å². The molecule has 3 heterocycles. The highest BCUT2D eigenvalue weighted by Crippen LogP contribution is 2.07. The van der Waals surface area contributed by atoms with Gasteiger partial charge < -0.3 is 9.88 Å². The topological polar surface area (TPSA) is 77.1 Å². The van der Waals surface area contributed by atoms with E-state index in [9.17, 15) is 4.79 Å². The first kappa shape index (κ1) is 15.2. The first-order valence-electron chi connectivity index (χ1n) is 7.64. The van der Waals surface area contributed by atoms with Gasteiger partial charge in [-0.1, -0.05) is 0 Å². The van der Waals surface area contributed by atoms with Crippen molar-refractivity contribution >= 4 is 11.7 Å². The van der Waals surface area contributed by atoms with E-state index in [0.717, 1.165) is 18.5 Å². The summed E-state index contributed by atoms with van der Waals surface area (Å²) in [5.74, 6) is 0.318. The van der Waals surface area contributed by atoms with Crippen LogP contribution in [-0.2, 0) is 13.5 Å². The van der Waals surface area contributed by atoms with Gasteiger partial charge in [-0.2, -0.15) is 4.98 Å². The SMILES string of the molecule is Cc1ccnc2nc(C(=O)N[C@@H](C)CCc3cccn3C)nn12. The van der Waals surface area contributed by atoms with E-state index in [0.29, 0.717) is 5.78 Å². The van der Waals surface area contributed by atoms with Crippen molar-refractivity contribution in [1.29, 1.82) is 0 Å². The van der Waals surface area contributed by atoms with E-state index < -0.39 is 0 Å². The first-order valence-corrected chi connectivity index (χ1v) is 7.64. The summed E-state index contributed by atoms with van der Waals surface area (Å²) in [6.07, 6.45) is 5.44. The third-order valence-electron chi connectivity index (χ3n) is 3.90. The lowest BCUT2D eigenvalue weighted by molar-refractivity contribution is 0.0928. The van der Waals surface area contributed by atoms with Crippen LogP contribution in [0.2, 0.25) is 0 Å². The second-order valence-electron chi connectivity index (χ2n) is 5.76. The molecule has 3 aromatic rings. The number of hydrogen-bond donors (Lipinski definition) is 1. The molecule has 3 aromatic heterocycles. The Kier molecular flexibility index (Phi) is 4.10. The van der Waals surface area contributed by atoms with Crippen LogP contribution in [0, 0.1) is 6.92 Å². The van der Waals surface area contributed by atoms with E-state index >= 15 is 0 Å². The predicted molar refractivity (Wildman–Crippen MR) is 86.2 cm³/mol. The lowest BCUT2D eigenvalue weighted by Crippen LogP contribution is -2.33. The maximum atomic E-state index is 12.3. The number of carbonyl (C=O) groups excluding carboxylic acids is 1. The molecule has 0 bridgehead atoms. The molecule has 0 aliphatic carbocycles. The highest BCUT2D eigenvalue weighted by atomic mass is 16.2. The second-order valence-corrected chi connectivity index (χ2v) is 5.76. The summed E-state index contributed by atoms with van der Waals surface area (Å²) in [7, 11) is 2.02. The number of rotatable bonds is 5. The summed E-state index contributed by atoms with van der Waals surface area (Å²) < 4.78 is 3.66. The molecule has 0 aliphatic heterocycles. The number of amides is 1. The molecule has 23 heavy (non-hydrogen) atoms. The van der Waals surface area contributed by atoms with E-state index in [1.54, 1.807) is 10.7 Å². The molecule has 0 radical (unpaired) electrons. The molecule has 0 aromatic carbocycles. The van der Waals surface area contributed by atoms with E-state index in [2.05, 4.69) is 31.0 Å². The number of aryl methyl sites for hydroxylation is 3. The fourth-order valence-electron chi connectivity index (χ4n) is 2.48. The van der Waals surface area contributed by atoms with Crippen LogP contribution in [0.5, 0.6) is 0 Å². The van der Waals surface area contributed by atoms with Gasteiger partial charge in [0, 0.05) is 36.9 Å². The minimum atomic E-state index is -0.269. The largest absolute Gasteiger partial charge is 0.354 e. The number of nitrogens with one attached hydrogen (secondary N) is 1. The third kappa shape index (κ3) is 3.23. The Bertz CT molecular complexity index is 834. The van der Waals surface area contributed by atoms with Crippen molar-refractivity contribution in [3.63, 3.8) is 0 Å². The Hall–Kier alpha value is -2.70. The van der Waals surface area contributed by atoms with Crippen molar-refractivity contribution in [2.45, 2.75) is 32.7 Å². The molecule has 0 spiro atoms. The zero-order valence-corrected chi connectivity index (χ0v) is 13.5. The minimum Gasteiger partial charge on any atom is -0.354 e. The van der Waals surface area contributed by atoms with Crippen LogP contribution >= 0.6 is 0 Å². The lowest BCUT2D eigenvalue weighted by Gasteiger charge is -2.12. The Morgan fingerprint density at radius 1 is 1.39 bits per heavy atom. The molecule has 0 unspecified atom stereocenters. The summed E-state index contributed by atoms with van der Waals surface area (Å²) >= 11 is 0. The summed E-state index contributed by atoms with van der Waals surface area (Å²) in [6, 6.07) is 5.98. The lowest BCUT2D eigenvalue weighted by atomic mass is 10.1. The zero-order valence-electron chi connectivity index (χ0n) is 13.5. The van der Waals surface area contributed by atoms with Gasteiger partial charge in [0.15, 0.2) is 0 Å². The molecular weight excluding hydrogens is 292 g/mol. The molecular formula is C16H20N6O. The molecule has 0 fully saturated rings. The van der Waals surface area contributed by atoms with E-state index in [-0.39, 0.29) is 17.8 Å². The van der Waals surface area contributed by atoms with Gasteiger partial charge in [0.2, 0.25) is 5.82 Å². The molecule has 0 aliphatic rings. The second kappa shape index (κ2) is 6.20. The molecule has 0 saturated carbocycles. The Labute approximate surface area is 134 Å². The summed E-state index contributed by atoms with van der Waals surface area (Å²) in [4.78, 5) is 20.6. The first-order chi connectivity index (χ1) is 11.0. The van der Waals surface area contributed by atoms with Crippen molar-refractivity contribution in [3.05, 3.63) is 47.8 Å². The highest BCUT2D eigenvalue weighted by Gasteiger charge is 2.16. The van der Waals surface area contributed by atoms with Crippen molar-refractivity contribution < 1.29 is 4.79 Å². The zero-order chi connectivity index (χ0) is 16.4. The maximum Gasteiger partial charge on any atom is 0.291 e. The van der Waals surface area contributed by atoms with Crippen LogP contribution < -0.4 is 5.32 Å². The van der Waals surface area contributed by atoms with E-state index in [1.165, 1.54) is 5.69 Å². The number of hydrogen-bond acceptors (Lipinski definition) is 4. The average Bonchev–Trinajstić information content (AvgIpc) is 3.12. The summed E-state index contributed by atoms with van der Waals surface area (Å²) in [5.41, 5.74) is 2.13. The van der Waals surface area contributed by atoms with Crippen LogP contribution in [0.4, 0.5) is 0 Å². The molecule has 7 heteroatoms. The minimum absolute atomic E-state index is 0.0399. The van der Waals surface area contributed by atoms with Crippen LogP contribution in [0.15, 0.2) is 30.6 Å². The van der Waals surface area contributed by atoms with Crippen molar-refractivity contribution in [1.82, 2.24) is 29.5 Å². The van der Waals surface area contributed by atoms with Crippen molar-refractivity contribution in [2.24, 2.45) is 7.05 Å². The Morgan fingerprint density at radius 2 is 2.22 bits per heavy atom. The predicted octanol–water partition coefficient (Wildman–Crippen LogP) is 1.52. The Balaban J connectivity index is 1.63. The van der Waals surface area contributed by atoms with Gasteiger partial charge >= 0.3 is 0 Å². The van der Waals surface area contributed by atoms with E-state index in [4.69, 9.17) is 0 Å². The number of carbonyl (C=O) groups is 1. The van der Waals surface area contributed by atoms with Gasteiger partial charge in [-0.05, 0) is 44.9 Å². The fourth-order valence-corrected chi connectivity index (χ4v) is 2.48. The molecule has 120 valence electrons. The smallest absolute Gasteiger partial charge is 0.291 e. The molecule has 1 amide bonds. The van der Waals surface area contributed by atoms with Crippen LogP contribution in [-0.4, -0.2) is 36.1 Å². The van der Waals surface area contributed by atoms with Gasteiger partial charge in [0.05, 0.1) is 0 Å². The van der Waals surface area contributed by atoms with Crippen molar-refractivity contribution in [2.75, 3.05) is 0 Å². The normalized spacial score (nSPS) is 12.5. The third-order valence-corrected chi connectivity index (χ3v) is 3.90. The van der Waals surface area contributed by atoms with Gasteiger partial charge in [0.25, 0.3) is 11.7 Å². The molecule has 1 N–H and O–H groups in total. The van der Waals surface area contributed by atoms with Crippen molar-refractivity contribution in [3.8, 4) is 0 Å². The summed E-state index contributed by atoms with van der Waals surface area (Å²) in [6.45, 7) is 3.88. The van der Waals surface area contributed by atoms with Crippen LogP contribution in [0.25, 0.3) is 5.78 Å². The molecule has 7 nitrogen and oxygen atoms in total. The Morgan fingerprint density at radius 3 is 2.91 bits per heavy atom. The number of fused-ring (bicyclic) bond motifs is 1. The van der Waals surface area contributed by atoms with E-state index in [1.807, 2.05) is 39.2 Å². The maximum absolute atomic E-state index is 12.3. The van der Waals surface area contributed by atoms with Gasteiger partial charge in [0.1, 0.15) is 0 Å². The fraction of sp³-hybridized carbons (Fsp3) is 0.375. The number of nitrogens with zero attached hydrogens (tertiary/aromatic N) is 5. The quantitative estimate of drug-likeness (QED) is 0.775. The average molecular weight is 312 g/mol. The highest BCUT2D eigenvalue weighted by molar-refractivity contribution is 5.91. The monoisotopic (exact) mass is 312 g/mol. The number of aromatic nitrogens is 5.